The predicted molar refractivity (Wildman–Crippen MR) is 112 cm³/mol. The second-order valence-corrected chi connectivity index (χ2v) is 8.68. The van der Waals surface area contributed by atoms with E-state index in [4.69, 9.17) is 14.2 Å². The third kappa shape index (κ3) is 4.48. The normalized spacial score (nSPS) is 12.2. The van der Waals surface area contributed by atoms with Gasteiger partial charge in [0.25, 0.3) is 0 Å². The molecule has 0 aliphatic rings. The maximum Gasteiger partial charge on any atom is 0.250 e. The second-order valence-electron chi connectivity index (χ2n) is 6.85. The van der Waals surface area contributed by atoms with Crippen molar-refractivity contribution in [2.24, 2.45) is 0 Å². The van der Waals surface area contributed by atoms with Crippen molar-refractivity contribution in [1.29, 1.82) is 0 Å². The van der Waals surface area contributed by atoms with E-state index in [-0.39, 0.29) is 22.8 Å². The number of aryl methyl sites for hydroxylation is 3. The molecule has 0 amide bonds. The SMILES string of the molecule is COc1cc(OC)c(C(=O)[P](=O)C(C)C(=O)c2c(C)cc(C)cc2C)c(OC)c1. The zero-order valence-electron chi connectivity index (χ0n) is 17.8. The Bertz CT molecular complexity index is 931. The van der Waals surface area contributed by atoms with Crippen LogP contribution in [0.4, 0.5) is 0 Å². The first-order valence-electron chi connectivity index (χ1n) is 9.09. The molecule has 0 aromatic heterocycles. The van der Waals surface area contributed by atoms with Gasteiger partial charge in [-0.2, -0.15) is 0 Å². The number of carbonyl (C=O) groups excluding carboxylic acids is 2. The number of rotatable bonds is 8. The molecule has 0 heterocycles. The van der Waals surface area contributed by atoms with Gasteiger partial charge in [0.15, 0.2) is 13.6 Å². The molecule has 0 aliphatic carbocycles. The van der Waals surface area contributed by atoms with E-state index in [1.165, 1.54) is 40.4 Å². The van der Waals surface area contributed by atoms with Crippen LogP contribution in [0.1, 0.15) is 44.3 Å². The van der Waals surface area contributed by atoms with Gasteiger partial charge in [-0.15, -0.1) is 0 Å². The van der Waals surface area contributed by atoms with Crippen molar-refractivity contribution in [1.82, 2.24) is 0 Å². The minimum absolute atomic E-state index is 0.0360. The summed E-state index contributed by atoms with van der Waals surface area (Å²) < 4.78 is 28.8. The first-order valence-corrected chi connectivity index (χ1v) is 10.4. The van der Waals surface area contributed by atoms with Gasteiger partial charge >= 0.3 is 0 Å². The number of methoxy groups -OCH3 is 3. The summed E-state index contributed by atoms with van der Waals surface area (Å²) in [5, 5.41) is 0. The van der Waals surface area contributed by atoms with Crippen LogP contribution >= 0.6 is 7.80 Å². The third-order valence-corrected chi connectivity index (χ3v) is 6.35. The molecule has 7 heteroatoms. The Morgan fingerprint density at radius 3 is 1.72 bits per heavy atom. The number of carbonyl (C=O) groups is 2. The van der Waals surface area contributed by atoms with Crippen molar-refractivity contribution < 1.29 is 28.4 Å². The maximum absolute atomic E-state index is 13.1. The third-order valence-electron chi connectivity index (χ3n) is 4.78. The van der Waals surface area contributed by atoms with Crippen LogP contribution in [-0.2, 0) is 4.57 Å². The van der Waals surface area contributed by atoms with E-state index >= 15 is 0 Å². The fraction of sp³-hybridized carbons (Fsp3) is 0.364. The van der Waals surface area contributed by atoms with Crippen LogP contribution in [0.25, 0.3) is 0 Å². The molecular formula is C22H26O6P. The molecule has 2 rings (SSSR count). The lowest BCUT2D eigenvalue weighted by Crippen LogP contribution is -2.19. The lowest BCUT2D eigenvalue weighted by Gasteiger charge is -2.17. The molecule has 0 saturated carbocycles. The summed E-state index contributed by atoms with van der Waals surface area (Å²) in [6, 6.07) is 6.83. The molecule has 0 bridgehead atoms. The number of benzene rings is 2. The standard InChI is InChI=1S/C22H26O6P/c1-12-8-13(2)19(14(3)9-12)21(23)15(4)29(25)22(24)20-17(27-6)10-16(26-5)11-18(20)28-7/h8-11,15H,1-7H3. The largest absolute Gasteiger partial charge is 0.496 e. The molecule has 155 valence electrons. The highest BCUT2D eigenvalue weighted by molar-refractivity contribution is 7.66. The van der Waals surface area contributed by atoms with Gasteiger partial charge in [-0.3, -0.25) is 14.2 Å². The molecule has 0 fully saturated rings. The first-order chi connectivity index (χ1) is 13.7. The van der Waals surface area contributed by atoms with Crippen LogP contribution in [0, 0.1) is 20.8 Å². The smallest absolute Gasteiger partial charge is 0.250 e. The Morgan fingerprint density at radius 2 is 1.31 bits per heavy atom. The van der Waals surface area contributed by atoms with Gasteiger partial charge in [0.2, 0.25) is 5.52 Å². The highest BCUT2D eigenvalue weighted by atomic mass is 31.1. The molecule has 0 aliphatic heterocycles. The van der Waals surface area contributed by atoms with Crippen LogP contribution in [0.5, 0.6) is 17.2 Å². The highest BCUT2D eigenvalue weighted by Crippen LogP contribution is 2.43. The molecule has 2 atom stereocenters. The number of hydrogen-bond donors (Lipinski definition) is 0. The van der Waals surface area contributed by atoms with Gasteiger partial charge in [-0.05, 0) is 38.8 Å². The molecule has 0 spiro atoms. The topological polar surface area (TPSA) is 78.9 Å². The summed E-state index contributed by atoms with van der Waals surface area (Å²) in [5.74, 6) is 0.468. The van der Waals surface area contributed by atoms with Gasteiger partial charge in [0, 0.05) is 17.7 Å². The molecule has 2 aromatic carbocycles. The molecule has 2 unspecified atom stereocenters. The van der Waals surface area contributed by atoms with E-state index in [2.05, 4.69) is 0 Å². The minimum atomic E-state index is -2.57. The monoisotopic (exact) mass is 417 g/mol. The van der Waals surface area contributed by atoms with E-state index in [0.29, 0.717) is 11.3 Å². The van der Waals surface area contributed by atoms with Gasteiger partial charge in [0.1, 0.15) is 22.8 Å². The fourth-order valence-electron chi connectivity index (χ4n) is 3.39. The van der Waals surface area contributed by atoms with Crippen molar-refractivity contribution >= 4 is 19.1 Å². The van der Waals surface area contributed by atoms with E-state index in [1.807, 2.05) is 32.9 Å². The molecule has 0 saturated heterocycles. The zero-order chi connectivity index (χ0) is 21.9. The van der Waals surface area contributed by atoms with E-state index in [9.17, 15) is 14.2 Å². The Labute approximate surface area is 172 Å². The molecular weight excluding hydrogens is 391 g/mol. The molecule has 6 nitrogen and oxygen atoms in total. The summed E-state index contributed by atoms with van der Waals surface area (Å²) in [7, 11) is 1.69. The quantitative estimate of drug-likeness (QED) is 0.450. The lowest BCUT2D eigenvalue weighted by atomic mass is 9.95. The van der Waals surface area contributed by atoms with Crippen molar-refractivity contribution in [2.45, 2.75) is 33.4 Å². The number of ketones is 1. The Hall–Kier alpha value is -2.72. The summed E-state index contributed by atoms with van der Waals surface area (Å²) >= 11 is 0. The van der Waals surface area contributed by atoms with Crippen LogP contribution in [0.3, 0.4) is 0 Å². The zero-order valence-corrected chi connectivity index (χ0v) is 18.7. The average molecular weight is 417 g/mol. The van der Waals surface area contributed by atoms with Crippen LogP contribution in [0.2, 0.25) is 0 Å². The van der Waals surface area contributed by atoms with Crippen molar-refractivity contribution in [3.05, 3.63) is 52.1 Å². The highest BCUT2D eigenvalue weighted by Gasteiger charge is 2.33. The second kappa shape index (κ2) is 9.19. The molecule has 2 aromatic rings. The first kappa shape index (κ1) is 22.6. The summed E-state index contributed by atoms with van der Waals surface area (Å²) in [6.45, 7) is 7.14. The van der Waals surface area contributed by atoms with Gasteiger partial charge < -0.3 is 14.2 Å². The molecule has 0 N–H and O–H groups in total. The van der Waals surface area contributed by atoms with Crippen LogP contribution < -0.4 is 14.2 Å². The summed E-state index contributed by atoms with van der Waals surface area (Å²) in [4.78, 5) is 26.1. The fourth-order valence-corrected chi connectivity index (χ4v) is 4.52. The molecule has 29 heavy (non-hydrogen) atoms. The van der Waals surface area contributed by atoms with Gasteiger partial charge in [-0.1, -0.05) is 17.7 Å². The van der Waals surface area contributed by atoms with Gasteiger partial charge in [-0.25, -0.2) is 0 Å². The Morgan fingerprint density at radius 1 is 0.828 bits per heavy atom. The predicted octanol–water partition coefficient (Wildman–Crippen LogP) is 4.88. The lowest BCUT2D eigenvalue weighted by molar-refractivity contribution is 0.0980. The summed E-state index contributed by atoms with van der Waals surface area (Å²) in [6.07, 6.45) is 0. The van der Waals surface area contributed by atoms with Crippen molar-refractivity contribution in [3.8, 4) is 17.2 Å². The summed E-state index contributed by atoms with van der Waals surface area (Å²) in [5.41, 5.74) is 1.50. The van der Waals surface area contributed by atoms with E-state index in [1.54, 1.807) is 0 Å². The molecule has 1 radical (unpaired) electrons. The van der Waals surface area contributed by atoms with Crippen molar-refractivity contribution in [3.63, 3.8) is 0 Å². The maximum atomic E-state index is 13.1. The number of hydrogen-bond acceptors (Lipinski definition) is 6. The minimum Gasteiger partial charge on any atom is -0.496 e. The van der Waals surface area contributed by atoms with Gasteiger partial charge in [0.05, 0.1) is 27.0 Å². The van der Waals surface area contributed by atoms with E-state index in [0.717, 1.165) is 16.7 Å². The van der Waals surface area contributed by atoms with Crippen molar-refractivity contribution in [2.75, 3.05) is 21.3 Å². The average Bonchev–Trinajstić information content (AvgIpc) is 2.69. The number of Topliss-reactive ketones (excluding diaryl/α,β-unsaturated/α-hetero) is 1. The van der Waals surface area contributed by atoms with E-state index < -0.39 is 19.0 Å². The van der Waals surface area contributed by atoms with Crippen LogP contribution in [0.15, 0.2) is 24.3 Å². The Balaban J connectivity index is 2.45. The Kier molecular flexibility index (Phi) is 7.15. The number of ether oxygens (including phenoxy) is 3. The van der Waals surface area contributed by atoms with Crippen LogP contribution in [-0.4, -0.2) is 38.3 Å².